The number of carboxylic acids is 1. The van der Waals surface area contributed by atoms with Gasteiger partial charge in [0.15, 0.2) is 0 Å². The summed E-state index contributed by atoms with van der Waals surface area (Å²) in [6.07, 6.45) is 0. The molecule has 0 saturated heterocycles. The summed E-state index contributed by atoms with van der Waals surface area (Å²) in [6.45, 7) is 1.41. The standard InChI is InChI=1S/C13H12FNO4S2/c1-8-7-20-11(13(16)17)12(8)21(18,19)15-6-9-3-2-4-10(14)5-9/h2-5,7,15H,6H2,1H3,(H,16,17). The van der Waals surface area contributed by atoms with E-state index in [1.807, 2.05) is 0 Å². The van der Waals surface area contributed by atoms with Crippen molar-refractivity contribution in [3.05, 3.63) is 51.5 Å². The van der Waals surface area contributed by atoms with Gasteiger partial charge in [-0.3, -0.25) is 0 Å². The van der Waals surface area contributed by atoms with Crippen LogP contribution >= 0.6 is 11.3 Å². The quantitative estimate of drug-likeness (QED) is 0.882. The second-order valence-electron chi connectivity index (χ2n) is 4.34. The average Bonchev–Trinajstić information content (AvgIpc) is 2.80. The topological polar surface area (TPSA) is 83.5 Å². The average molecular weight is 329 g/mol. The number of aromatic carboxylic acids is 1. The second kappa shape index (κ2) is 5.92. The third-order valence-electron chi connectivity index (χ3n) is 2.74. The predicted octanol–water partition coefficient (Wildman–Crippen LogP) is 2.37. The normalized spacial score (nSPS) is 11.5. The number of hydrogen-bond acceptors (Lipinski definition) is 4. The lowest BCUT2D eigenvalue weighted by Crippen LogP contribution is -2.25. The van der Waals surface area contributed by atoms with Crippen LogP contribution in [0.25, 0.3) is 0 Å². The molecule has 2 rings (SSSR count). The van der Waals surface area contributed by atoms with Crippen LogP contribution in [-0.2, 0) is 16.6 Å². The van der Waals surface area contributed by atoms with E-state index >= 15 is 0 Å². The van der Waals surface area contributed by atoms with Gasteiger partial charge in [0.1, 0.15) is 15.6 Å². The van der Waals surface area contributed by atoms with Crippen LogP contribution in [0.5, 0.6) is 0 Å². The molecule has 2 N–H and O–H groups in total. The highest BCUT2D eigenvalue weighted by Gasteiger charge is 2.26. The van der Waals surface area contributed by atoms with Crippen molar-refractivity contribution in [2.75, 3.05) is 0 Å². The van der Waals surface area contributed by atoms with Crippen LogP contribution in [0.15, 0.2) is 34.5 Å². The smallest absolute Gasteiger partial charge is 0.347 e. The van der Waals surface area contributed by atoms with Gasteiger partial charge < -0.3 is 5.11 Å². The highest BCUT2D eigenvalue weighted by molar-refractivity contribution is 7.89. The summed E-state index contributed by atoms with van der Waals surface area (Å²) in [5, 5.41) is 10.5. The van der Waals surface area contributed by atoms with Gasteiger partial charge >= 0.3 is 5.97 Å². The molecule has 1 heterocycles. The molecule has 2 aromatic rings. The summed E-state index contributed by atoms with van der Waals surface area (Å²) in [4.78, 5) is 10.6. The molecule has 112 valence electrons. The molecular formula is C13H12FNO4S2. The minimum Gasteiger partial charge on any atom is -0.477 e. The van der Waals surface area contributed by atoms with Crippen molar-refractivity contribution in [2.24, 2.45) is 0 Å². The van der Waals surface area contributed by atoms with E-state index in [1.165, 1.54) is 30.5 Å². The fraction of sp³-hybridized carbons (Fsp3) is 0.154. The Bertz CT molecular complexity index is 783. The fourth-order valence-corrected chi connectivity index (χ4v) is 4.46. The molecule has 0 bridgehead atoms. The molecule has 0 aliphatic rings. The maximum absolute atomic E-state index is 13.0. The summed E-state index contributed by atoms with van der Waals surface area (Å²) < 4.78 is 39.8. The number of halogens is 1. The van der Waals surface area contributed by atoms with Gasteiger partial charge in [0.2, 0.25) is 10.0 Å². The van der Waals surface area contributed by atoms with E-state index in [0.717, 1.165) is 11.3 Å². The molecule has 8 heteroatoms. The zero-order chi connectivity index (χ0) is 15.6. The summed E-state index contributed by atoms with van der Waals surface area (Å²) in [6, 6.07) is 5.51. The Labute approximate surface area is 125 Å². The molecule has 21 heavy (non-hydrogen) atoms. The first kappa shape index (κ1) is 15.6. The summed E-state index contributed by atoms with van der Waals surface area (Å²) in [5.74, 6) is -1.76. The number of nitrogens with one attached hydrogen (secondary N) is 1. The van der Waals surface area contributed by atoms with Gasteiger partial charge in [0, 0.05) is 6.54 Å². The molecule has 5 nitrogen and oxygen atoms in total. The van der Waals surface area contributed by atoms with E-state index in [2.05, 4.69) is 4.72 Å². The first-order chi connectivity index (χ1) is 9.81. The Hall–Kier alpha value is -1.77. The van der Waals surface area contributed by atoms with Crippen molar-refractivity contribution in [2.45, 2.75) is 18.4 Å². The molecule has 0 aliphatic carbocycles. The summed E-state index contributed by atoms with van der Waals surface area (Å²) in [7, 11) is -3.98. The second-order valence-corrected chi connectivity index (χ2v) is 6.92. The van der Waals surface area contributed by atoms with E-state index in [0.29, 0.717) is 11.1 Å². The fourth-order valence-electron chi connectivity index (χ4n) is 1.81. The lowest BCUT2D eigenvalue weighted by Gasteiger charge is -2.08. The summed E-state index contributed by atoms with van der Waals surface area (Å²) in [5.41, 5.74) is 0.812. The van der Waals surface area contributed by atoms with Crippen molar-refractivity contribution < 1.29 is 22.7 Å². The van der Waals surface area contributed by atoms with Crippen molar-refractivity contribution in [1.82, 2.24) is 4.72 Å². The van der Waals surface area contributed by atoms with Gasteiger partial charge in [-0.15, -0.1) is 11.3 Å². The minimum atomic E-state index is -3.98. The molecule has 0 radical (unpaired) electrons. The summed E-state index contributed by atoms with van der Waals surface area (Å²) >= 11 is 0.857. The van der Waals surface area contributed by atoms with Gasteiger partial charge in [-0.05, 0) is 35.6 Å². The maximum Gasteiger partial charge on any atom is 0.347 e. The highest BCUT2D eigenvalue weighted by Crippen LogP contribution is 2.26. The maximum atomic E-state index is 13.0. The largest absolute Gasteiger partial charge is 0.477 e. The van der Waals surface area contributed by atoms with Crippen molar-refractivity contribution in [3.8, 4) is 0 Å². The van der Waals surface area contributed by atoms with Crippen LogP contribution in [0.3, 0.4) is 0 Å². The zero-order valence-corrected chi connectivity index (χ0v) is 12.6. The molecule has 1 aromatic heterocycles. The Kier molecular flexibility index (Phi) is 4.40. The Morgan fingerprint density at radius 2 is 2.14 bits per heavy atom. The number of sulfonamides is 1. The van der Waals surface area contributed by atoms with Crippen LogP contribution in [0.2, 0.25) is 0 Å². The number of benzene rings is 1. The molecule has 1 aromatic carbocycles. The third-order valence-corrected chi connectivity index (χ3v) is 5.54. The number of rotatable bonds is 5. The minimum absolute atomic E-state index is 0.117. The van der Waals surface area contributed by atoms with Crippen LogP contribution in [0, 0.1) is 12.7 Å². The number of thiophene rings is 1. The van der Waals surface area contributed by atoms with Crippen molar-refractivity contribution in [3.63, 3.8) is 0 Å². The zero-order valence-electron chi connectivity index (χ0n) is 11.0. The van der Waals surface area contributed by atoms with Crippen LogP contribution in [0.4, 0.5) is 4.39 Å². The Morgan fingerprint density at radius 1 is 1.43 bits per heavy atom. The lowest BCUT2D eigenvalue weighted by atomic mass is 10.2. The van der Waals surface area contributed by atoms with Crippen LogP contribution in [-0.4, -0.2) is 19.5 Å². The molecule has 0 aliphatic heterocycles. The SMILES string of the molecule is Cc1csc(C(=O)O)c1S(=O)(=O)NCc1cccc(F)c1. The van der Waals surface area contributed by atoms with E-state index in [4.69, 9.17) is 5.11 Å². The molecule has 0 saturated carbocycles. The van der Waals surface area contributed by atoms with E-state index in [1.54, 1.807) is 6.07 Å². The first-order valence-electron chi connectivity index (χ1n) is 5.87. The molecule has 0 spiro atoms. The Balaban J connectivity index is 2.27. The Morgan fingerprint density at radius 3 is 2.76 bits per heavy atom. The van der Waals surface area contributed by atoms with E-state index < -0.39 is 21.8 Å². The monoisotopic (exact) mass is 329 g/mol. The highest BCUT2D eigenvalue weighted by atomic mass is 32.2. The first-order valence-corrected chi connectivity index (χ1v) is 8.23. The van der Waals surface area contributed by atoms with Gasteiger partial charge in [-0.2, -0.15) is 0 Å². The lowest BCUT2D eigenvalue weighted by molar-refractivity contribution is 0.0698. The molecule has 0 fully saturated rings. The number of aryl methyl sites for hydroxylation is 1. The number of carboxylic acid groups (broad SMARTS) is 1. The van der Waals surface area contributed by atoms with Gasteiger partial charge in [-0.25, -0.2) is 22.3 Å². The predicted molar refractivity (Wildman–Crippen MR) is 76.4 cm³/mol. The number of hydrogen-bond donors (Lipinski definition) is 2. The number of carbonyl (C=O) groups is 1. The third kappa shape index (κ3) is 3.46. The molecular weight excluding hydrogens is 317 g/mol. The van der Waals surface area contributed by atoms with E-state index in [-0.39, 0.29) is 16.3 Å². The van der Waals surface area contributed by atoms with Crippen molar-refractivity contribution in [1.29, 1.82) is 0 Å². The van der Waals surface area contributed by atoms with Crippen LogP contribution in [0.1, 0.15) is 20.8 Å². The molecule has 0 atom stereocenters. The van der Waals surface area contributed by atoms with Crippen LogP contribution < -0.4 is 4.72 Å². The van der Waals surface area contributed by atoms with Crippen molar-refractivity contribution >= 4 is 27.3 Å². The molecule has 0 amide bonds. The van der Waals surface area contributed by atoms with Gasteiger partial charge in [0.05, 0.1) is 0 Å². The van der Waals surface area contributed by atoms with Gasteiger partial charge in [0.25, 0.3) is 0 Å². The van der Waals surface area contributed by atoms with Gasteiger partial charge in [-0.1, -0.05) is 12.1 Å². The molecule has 0 unspecified atom stereocenters. The van der Waals surface area contributed by atoms with E-state index in [9.17, 15) is 17.6 Å².